The predicted octanol–water partition coefficient (Wildman–Crippen LogP) is 1.60. The second-order valence-corrected chi connectivity index (χ2v) is 3.43. The fourth-order valence-corrected chi connectivity index (χ4v) is 1.45. The average Bonchev–Trinajstić information content (AvgIpc) is 2.29. The maximum Gasteiger partial charge on any atom is 0.181 e. The molecule has 1 heterocycles. The molecule has 0 saturated heterocycles. The summed E-state index contributed by atoms with van der Waals surface area (Å²) < 4.78 is 12.7. The van der Waals surface area contributed by atoms with E-state index in [1.54, 1.807) is 0 Å². The van der Waals surface area contributed by atoms with Gasteiger partial charge in [0.2, 0.25) is 0 Å². The molecule has 2 aromatic rings. The van der Waals surface area contributed by atoms with Crippen LogP contribution >= 0.6 is 0 Å². The minimum Gasteiger partial charge on any atom is -0.382 e. The standard InChI is InChI=1S/C12H10FNO2/c13-9-3-1-8(2-4-9)12(16)11-7-10(15)5-6-14-11/h1-7,12,16H,(H,14,15)/t12-/m1/s1. The third-order valence-corrected chi connectivity index (χ3v) is 2.28. The summed E-state index contributed by atoms with van der Waals surface area (Å²) in [6, 6.07) is 8.16. The number of aliphatic hydroxyl groups is 1. The van der Waals surface area contributed by atoms with Gasteiger partial charge in [-0.25, -0.2) is 4.39 Å². The van der Waals surface area contributed by atoms with Crippen LogP contribution in [-0.4, -0.2) is 10.1 Å². The van der Waals surface area contributed by atoms with E-state index >= 15 is 0 Å². The molecule has 0 aliphatic carbocycles. The van der Waals surface area contributed by atoms with Crippen LogP contribution in [0.1, 0.15) is 17.4 Å². The van der Waals surface area contributed by atoms with E-state index in [-0.39, 0.29) is 11.2 Å². The summed E-state index contributed by atoms with van der Waals surface area (Å²) in [5, 5.41) is 9.91. The molecule has 3 nitrogen and oxygen atoms in total. The van der Waals surface area contributed by atoms with Crippen molar-refractivity contribution >= 4 is 0 Å². The van der Waals surface area contributed by atoms with Crippen LogP contribution in [0.25, 0.3) is 0 Å². The summed E-state index contributed by atoms with van der Waals surface area (Å²) in [7, 11) is 0. The molecule has 2 N–H and O–H groups in total. The van der Waals surface area contributed by atoms with Crippen LogP contribution in [0.3, 0.4) is 0 Å². The van der Waals surface area contributed by atoms with E-state index < -0.39 is 6.10 Å². The Balaban J connectivity index is 2.35. The van der Waals surface area contributed by atoms with Crippen molar-refractivity contribution in [2.75, 3.05) is 0 Å². The second kappa shape index (κ2) is 4.28. The Morgan fingerprint density at radius 1 is 1.19 bits per heavy atom. The summed E-state index contributed by atoms with van der Waals surface area (Å²) in [4.78, 5) is 13.9. The normalized spacial score (nSPS) is 12.4. The topological polar surface area (TPSA) is 53.1 Å². The number of aromatic amines is 1. The lowest BCUT2D eigenvalue weighted by Gasteiger charge is -2.10. The molecule has 0 bridgehead atoms. The zero-order valence-electron chi connectivity index (χ0n) is 8.35. The molecule has 0 aliphatic heterocycles. The van der Waals surface area contributed by atoms with Crippen LogP contribution < -0.4 is 5.43 Å². The van der Waals surface area contributed by atoms with Gasteiger partial charge in [-0.15, -0.1) is 0 Å². The highest BCUT2D eigenvalue weighted by atomic mass is 19.1. The zero-order valence-corrected chi connectivity index (χ0v) is 8.35. The molecule has 1 aromatic heterocycles. The fourth-order valence-electron chi connectivity index (χ4n) is 1.45. The second-order valence-electron chi connectivity index (χ2n) is 3.43. The Kier molecular flexibility index (Phi) is 2.83. The fraction of sp³-hybridized carbons (Fsp3) is 0.0833. The number of hydrogen-bond acceptors (Lipinski definition) is 2. The number of halogens is 1. The monoisotopic (exact) mass is 219 g/mol. The predicted molar refractivity (Wildman–Crippen MR) is 57.5 cm³/mol. The molecule has 2 rings (SSSR count). The number of hydrogen-bond donors (Lipinski definition) is 2. The van der Waals surface area contributed by atoms with Crippen molar-refractivity contribution in [1.82, 2.24) is 4.98 Å². The number of benzene rings is 1. The smallest absolute Gasteiger partial charge is 0.181 e. The first kappa shape index (κ1) is 10.6. The van der Waals surface area contributed by atoms with Gasteiger partial charge in [0, 0.05) is 18.3 Å². The van der Waals surface area contributed by atoms with Crippen molar-refractivity contribution in [3.8, 4) is 0 Å². The highest BCUT2D eigenvalue weighted by molar-refractivity contribution is 5.25. The molecule has 0 fully saturated rings. The van der Waals surface area contributed by atoms with Gasteiger partial charge in [0.25, 0.3) is 0 Å². The van der Waals surface area contributed by atoms with Gasteiger partial charge in [0.05, 0.1) is 5.69 Å². The molecular formula is C12H10FNO2. The lowest BCUT2D eigenvalue weighted by Crippen LogP contribution is -2.07. The van der Waals surface area contributed by atoms with Gasteiger partial charge in [0.15, 0.2) is 5.43 Å². The van der Waals surface area contributed by atoms with E-state index in [4.69, 9.17) is 0 Å². The summed E-state index contributed by atoms with van der Waals surface area (Å²) in [6.07, 6.45) is 0.513. The first-order valence-corrected chi connectivity index (χ1v) is 4.79. The Morgan fingerprint density at radius 3 is 2.50 bits per heavy atom. The first-order chi connectivity index (χ1) is 7.66. The number of pyridine rings is 1. The molecule has 0 saturated carbocycles. The molecule has 16 heavy (non-hydrogen) atoms. The van der Waals surface area contributed by atoms with Gasteiger partial charge in [-0.3, -0.25) is 4.79 Å². The van der Waals surface area contributed by atoms with Crippen LogP contribution in [0.4, 0.5) is 4.39 Å². The van der Waals surface area contributed by atoms with Crippen LogP contribution in [0.15, 0.2) is 47.4 Å². The van der Waals surface area contributed by atoms with E-state index in [2.05, 4.69) is 4.98 Å². The van der Waals surface area contributed by atoms with E-state index in [0.29, 0.717) is 11.3 Å². The van der Waals surface area contributed by atoms with Crippen LogP contribution in [-0.2, 0) is 0 Å². The minimum atomic E-state index is -0.950. The van der Waals surface area contributed by atoms with Gasteiger partial charge in [0.1, 0.15) is 11.9 Å². The average molecular weight is 219 g/mol. The van der Waals surface area contributed by atoms with Crippen LogP contribution in [0, 0.1) is 5.82 Å². The number of H-pyrrole nitrogens is 1. The maximum atomic E-state index is 12.7. The van der Waals surface area contributed by atoms with Crippen molar-refractivity contribution in [3.05, 3.63) is 69.9 Å². The third kappa shape index (κ3) is 2.17. The molecule has 0 unspecified atom stereocenters. The Hall–Kier alpha value is -1.94. The van der Waals surface area contributed by atoms with Gasteiger partial charge in [-0.1, -0.05) is 12.1 Å². The molecule has 0 aliphatic rings. The quantitative estimate of drug-likeness (QED) is 0.806. The number of nitrogens with one attached hydrogen (secondary N) is 1. The summed E-state index contributed by atoms with van der Waals surface area (Å²) in [5.74, 6) is -0.363. The Morgan fingerprint density at radius 2 is 1.88 bits per heavy atom. The zero-order chi connectivity index (χ0) is 11.5. The highest BCUT2D eigenvalue weighted by Crippen LogP contribution is 2.18. The highest BCUT2D eigenvalue weighted by Gasteiger charge is 2.10. The lowest BCUT2D eigenvalue weighted by molar-refractivity contribution is 0.215. The van der Waals surface area contributed by atoms with Crippen LogP contribution in [0.5, 0.6) is 0 Å². The number of aliphatic hydroxyl groups excluding tert-OH is 1. The number of aromatic nitrogens is 1. The molecule has 0 spiro atoms. The molecule has 1 atom stereocenters. The molecule has 0 radical (unpaired) electrons. The van der Waals surface area contributed by atoms with E-state index in [9.17, 15) is 14.3 Å². The SMILES string of the molecule is O=c1cc[nH]c([C@H](O)c2ccc(F)cc2)c1. The first-order valence-electron chi connectivity index (χ1n) is 4.79. The van der Waals surface area contributed by atoms with Gasteiger partial charge >= 0.3 is 0 Å². The van der Waals surface area contributed by atoms with Gasteiger partial charge in [-0.2, -0.15) is 0 Å². The third-order valence-electron chi connectivity index (χ3n) is 2.28. The van der Waals surface area contributed by atoms with Crippen molar-refractivity contribution in [1.29, 1.82) is 0 Å². The summed E-state index contributed by atoms with van der Waals surface area (Å²) >= 11 is 0. The minimum absolute atomic E-state index is 0.185. The molecule has 4 heteroatoms. The van der Waals surface area contributed by atoms with Gasteiger partial charge in [-0.05, 0) is 17.7 Å². The lowest BCUT2D eigenvalue weighted by atomic mass is 10.1. The van der Waals surface area contributed by atoms with E-state index in [1.807, 2.05) is 0 Å². The molecule has 0 amide bonds. The number of rotatable bonds is 2. The van der Waals surface area contributed by atoms with Crippen molar-refractivity contribution in [2.24, 2.45) is 0 Å². The molecule has 1 aromatic carbocycles. The Bertz CT molecular complexity index is 533. The Labute approximate surface area is 91.2 Å². The summed E-state index contributed by atoms with van der Waals surface area (Å²) in [6.45, 7) is 0. The van der Waals surface area contributed by atoms with Crippen molar-refractivity contribution in [3.63, 3.8) is 0 Å². The van der Waals surface area contributed by atoms with E-state index in [0.717, 1.165) is 0 Å². The van der Waals surface area contributed by atoms with E-state index in [1.165, 1.54) is 42.6 Å². The largest absolute Gasteiger partial charge is 0.382 e. The molecular weight excluding hydrogens is 209 g/mol. The molecule has 82 valence electrons. The summed E-state index contributed by atoms with van der Waals surface area (Å²) in [5.41, 5.74) is 0.734. The van der Waals surface area contributed by atoms with Crippen LogP contribution in [0.2, 0.25) is 0 Å². The van der Waals surface area contributed by atoms with Crippen molar-refractivity contribution in [2.45, 2.75) is 6.10 Å². The van der Waals surface area contributed by atoms with Crippen molar-refractivity contribution < 1.29 is 9.50 Å². The van der Waals surface area contributed by atoms with Gasteiger partial charge < -0.3 is 10.1 Å². The maximum absolute atomic E-state index is 12.7.